The van der Waals surface area contributed by atoms with Crippen molar-refractivity contribution in [2.24, 2.45) is 0 Å². The van der Waals surface area contributed by atoms with Crippen molar-refractivity contribution in [1.82, 2.24) is 20.4 Å². The summed E-state index contributed by atoms with van der Waals surface area (Å²) >= 11 is 6.48. The van der Waals surface area contributed by atoms with Crippen LogP contribution in [0.2, 0.25) is 5.02 Å². The molecule has 1 aliphatic carbocycles. The van der Waals surface area contributed by atoms with Crippen molar-refractivity contribution in [3.05, 3.63) is 46.4 Å². The second kappa shape index (κ2) is 11.6. The lowest BCUT2D eigenvalue weighted by Gasteiger charge is -2.28. The smallest absolute Gasteiger partial charge is 0.246 e. The molecule has 1 saturated carbocycles. The fraction of sp³-hybridized carbons (Fsp3) is 0.536. The van der Waals surface area contributed by atoms with Crippen LogP contribution in [0.25, 0.3) is 0 Å². The average molecular weight is 589 g/mol. The van der Waals surface area contributed by atoms with Gasteiger partial charge in [0, 0.05) is 31.7 Å². The van der Waals surface area contributed by atoms with Crippen molar-refractivity contribution < 1.29 is 18.5 Å². The Morgan fingerprint density at radius 3 is 2.65 bits per heavy atom. The van der Waals surface area contributed by atoms with Crippen LogP contribution in [0.4, 0.5) is 17.5 Å². The number of nitrogens with zero attached hydrogens (tertiary/aromatic N) is 3. The molecule has 2 aliphatic heterocycles. The zero-order chi connectivity index (χ0) is 28.6. The summed E-state index contributed by atoms with van der Waals surface area (Å²) in [6.45, 7) is 8.86. The molecule has 2 unspecified atom stereocenters. The number of nitrogens with one attached hydrogen (secondary N) is 3. The molecule has 3 heterocycles. The van der Waals surface area contributed by atoms with Crippen LogP contribution in [0.5, 0.6) is 5.75 Å². The number of halogens is 1. The Morgan fingerprint density at radius 2 is 1.98 bits per heavy atom. The molecule has 216 valence electrons. The zero-order valence-corrected chi connectivity index (χ0v) is 25.1. The Morgan fingerprint density at radius 1 is 1.25 bits per heavy atom. The van der Waals surface area contributed by atoms with Gasteiger partial charge in [-0.05, 0) is 68.7 Å². The van der Waals surface area contributed by atoms with Gasteiger partial charge in [-0.1, -0.05) is 25.4 Å². The van der Waals surface area contributed by atoms with E-state index in [1.807, 2.05) is 0 Å². The SMILES string of the molecule is Cc1cc(Nc2ncc(Cl)c(NC3=CN(C)NC3(C)C(=O)S(=O)C(C)C)n2)c(OC2CC2)cc1C1CCOCC1. The molecule has 0 spiro atoms. The van der Waals surface area contributed by atoms with Crippen LogP contribution in [-0.2, 0) is 20.3 Å². The van der Waals surface area contributed by atoms with Crippen LogP contribution < -0.4 is 20.8 Å². The first kappa shape index (κ1) is 28.8. The maximum Gasteiger partial charge on any atom is 0.246 e. The van der Waals surface area contributed by atoms with Gasteiger partial charge in [0.05, 0.1) is 34.5 Å². The Balaban J connectivity index is 1.41. The normalized spacial score (nSPS) is 22.3. The highest BCUT2D eigenvalue weighted by atomic mass is 35.5. The molecule has 2 fully saturated rings. The molecule has 10 nitrogen and oxygen atoms in total. The first-order chi connectivity index (χ1) is 19.0. The monoisotopic (exact) mass is 588 g/mol. The van der Waals surface area contributed by atoms with Gasteiger partial charge < -0.3 is 25.1 Å². The van der Waals surface area contributed by atoms with Crippen molar-refractivity contribution in [3.63, 3.8) is 0 Å². The van der Waals surface area contributed by atoms with Crippen LogP contribution in [-0.4, -0.2) is 61.5 Å². The molecule has 1 aromatic carbocycles. The number of carbonyl (C=O) groups excluding carboxylic acids is 1. The number of hydrogen-bond donors (Lipinski definition) is 3. The van der Waals surface area contributed by atoms with Crippen molar-refractivity contribution >= 4 is 45.0 Å². The third kappa shape index (κ3) is 6.12. The van der Waals surface area contributed by atoms with Crippen molar-refractivity contribution in [3.8, 4) is 5.75 Å². The number of rotatable bonds is 9. The molecular formula is C28H37ClN6O4S. The second-order valence-electron chi connectivity index (χ2n) is 11.1. The Labute approximate surface area is 242 Å². The lowest BCUT2D eigenvalue weighted by Crippen LogP contribution is -2.54. The summed E-state index contributed by atoms with van der Waals surface area (Å²) < 4.78 is 24.6. The van der Waals surface area contributed by atoms with E-state index in [2.05, 4.69) is 45.1 Å². The molecule has 0 bridgehead atoms. The summed E-state index contributed by atoms with van der Waals surface area (Å²) in [5.74, 6) is 1.86. The van der Waals surface area contributed by atoms with E-state index in [-0.39, 0.29) is 16.4 Å². The number of ether oxygens (including phenoxy) is 2. The van der Waals surface area contributed by atoms with Gasteiger partial charge in [0.25, 0.3) is 0 Å². The first-order valence-corrected chi connectivity index (χ1v) is 15.3. The predicted molar refractivity (Wildman–Crippen MR) is 157 cm³/mol. The Kier molecular flexibility index (Phi) is 8.37. The zero-order valence-electron chi connectivity index (χ0n) is 23.5. The average Bonchev–Trinajstić information content (AvgIpc) is 3.69. The fourth-order valence-electron chi connectivity index (χ4n) is 4.97. The van der Waals surface area contributed by atoms with E-state index in [0.717, 1.165) is 50.3 Å². The highest BCUT2D eigenvalue weighted by Gasteiger charge is 2.46. The topological polar surface area (TPSA) is 118 Å². The minimum Gasteiger partial charge on any atom is -0.488 e. The van der Waals surface area contributed by atoms with Gasteiger partial charge in [-0.2, -0.15) is 4.98 Å². The van der Waals surface area contributed by atoms with Crippen molar-refractivity contribution in [1.29, 1.82) is 0 Å². The van der Waals surface area contributed by atoms with Crippen molar-refractivity contribution in [2.75, 3.05) is 30.9 Å². The molecule has 1 saturated heterocycles. The standard InChI is InChI=1S/C28H37ClN6O4S/c1-16(2)40(37)26(36)28(4)24(15-35(5)34-28)32-25-21(29)14-30-27(33-25)31-22-12-17(3)20(18-8-10-38-11-9-18)13-23(22)39-19-6-7-19/h12-16,18-19,34H,6-11H2,1-5H3,(H2,30,31,32,33). The number of hydrazine groups is 1. The van der Waals surface area contributed by atoms with Crippen molar-refractivity contribution in [2.45, 2.75) is 76.2 Å². The minimum atomic E-state index is -1.69. The molecule has 12 heteroatoms. The van der Waals surface area contributed by atoms with Crippen LogP contribution in [0, 0.1) is 6.92 Å². The molecule has 2 atom stereocenters. The summed E-state index contributed by atoms with van der Waals surface area (Å²) in [5, 5.41) is 7.69. The summed E-state index contributed by atoms with van der Waals surface area (Å²) in [6, 6.07) is 4.24. The number of aryl methyl sites for hydroxylation is 1. The van der Waals surface area contributed by atoms with E-state index in [1.54, 1.807) is 39.0 Å². The van der Waals surface area contributed by atoms with Crippen LogP contribution >= 0.6 is 11.6 Å². The second-order valence-corrected chi connectivity index (χ2v) is 13.4. The van der Waals surface area contributed by atoms with E-state index in [0.29, 0.717) is 23.4 Å². The van der Waals surface area contributed by atoms with Gasteiger partial charge in [0.2, 0.25) is 11.1 Å². The number of carbonyl (C=O) groups is 1. The lowest BCUT2D eigenvalue weighted by atomic mass is 9.88. The number of hydrogen-bond acceptors (Lipinski definition) is 10. The van der Waals surface area contributed by atoms with E-state index < -0.39 is 21.5 Å². The molecule has 5 rings (SSSR count). The van der Waals surface area contributed by atoms with E-state index in [9.17, 15) is 9.00 Å². The van der Waals surface area contributed by atoms with Gasteiger partial charge in [0.15, 0.2) is 5.82 Å². The van der Waals surface area contributed by atoms with E-state index >= 15 is 0 Å². The van der Waals surface area contributed by atoms with E-state index in [4.69, 9.17) is 21.1 Å². The Hall–Kier alpha value is -2.73. The largest absolute Gasteiger partial charge is 0.488 e. The molecule has 40 heavy (non-hydrogen) atoms. The number of benzene rings is 1. The van der Waals surface area contributed by atoms with E-state index in [1.165, 1.54) is 17.3 Å². The number of aromatic nitrogens is 2. The molecule has 3 N–H and O–H groups in total. The Bertz CT molecular complexity index is 1340. The molecular weight excluding hydrogens is 552 g/mol. The summed E-state index contributed by atoms with van der Waals surface area (Å²) in [5.41, 5.74) is 5.57. The predicted octanol–water partition coefficient (Wildman–Crippen LogP) is 4.76. The summed E-state index contributed by atoms with van der Waals surface area (Å²) in [7, 11) is 0.0722. The van der Waals surface area contributed by atoms with Gasteiger partial charge in [-0.3, -0.25) is 9.00 Å². The molecule has 0 amide bonds. The third-order valence-electron chi connectivity index (χ3n) is 7.37. The van der Waals surface area contributed by atoms with Gasteiger partial charge in [-0.25, -0.2) is 10.4 Å². The van der Waals surface area contributed by atoms with Crippen LogP contribution in [0.3, 0.4) is 0 Å². The van der Waals surface area contributed by atoms with Crippen LogP contribution in [0.15, 0.2) is 30.2 Å². The number of anilines is 3. The maximum absolute atomic E-state index is 13.2. The molecule has 0 radical (unpaired) electrons. The minimum absolute atomic E-state index is 0.222. The van der Waals surface area contributed by atoms with Gasteiger partial charge in [-0.15, -0.1) is 0 Å². The summed E-state index contributed by atoms with van der Waals surface area (Å²) in [4.78, 5) is 22.2. The molecule has 1 aromatic heterocycles. The van der Waals surface area contributed by atoms with Crippen LogP contribution in [0.1, 0.15) is 63.5 Å². The highest BCUT2D eigenvalue weighted by Crippen LogP contribution is 2.40. The summed E-state index contributed by atoms with van der Waals surface area (Å²) in [6.07, 6.45) is 7.53. The highest BCUT2D eigenvalue weighted by molar-refractivity contribution is 8.01. The fourth-order valence-corrected chi connectivity index (χ4v) is 6.10. The quantitative estimate of drug-likeness (QED) is 0.378. The third-order valence-corrected chi connectivity index (χ3v) is 9.28. The first-order valence-electron chi connectivity index (χ1n) is 13.7. The molecule has 3 aliphatic rings. The maximum atomic E-state index is 13.2. The van der Waals surface area contributed by atoms with Gasteiger partial charge in [0.1, 0.15) is 16.3 Å². The molecule has 2 aromatic rings. The lowest BCUT2D eigenvalue weighted by molar-refractivity contribution is -0.116. The van der Waals surface area contributed by atoms with Gasteiger partial charge >= 0.3 is 0 Å².